The van der Waals surface area contributed by atoms with Crippen LogP contribution < -0.4 is 5.32 Å². The van der Waals surface area contributed by atoms with Crippen LogP contribution in [0, 0.1) is 5.92 Å². The predicted octanol–water partition coefficient (Wildman–Crippen LogP) is 2.74. The summed E-state index contributed by atoms with van der Waals surface area (Å²) in [4.78, 5) is 29.2. The van der Waals surface area contributed by atoms with Gasteiger partial charge in [-0.2, -0.15) is 0 Å². The molecule has 2 amide bonds. The zero-order chi connectivity index (χ0) is 17.2. The molecule has 1 saturated carbocycles. The number of hydrogen-bond acceptors (Lipinski definition) is 3. The third-order valence-electron chi connectivity index (χ3n) is 5.69. The van der Waals surface area contributed by atoms with Crippen molar-refractivity contribution in [3.8, 4) is 0 Å². The van der Waals surface area contributed by atoms with Gasteiger partial charge in [-0.25, -0.2) is 0 Å². The van der Waals surface area contributed by atoms with E-state index in [9.17, 15) is 9.59 Å². The van der Waals surface area contributed by atoms with Crippen LogP contribution in [0.2, 0.25) is 0 Å². The van der Waals surface area contributed by atoms with Crippen molar-refractivity contribution in [2.45, 2.75) is 44.6 Å². The number of benzene rings is 1. The van der Waals surface area contributed by atoms with Crippen molar-refractivity contribution in [3.63, 3.8) is 0 Å². The Hall–Kier alpha value is -1.88. The predicted molar refractivity (Wildman–Crippen MR) is 97.5 cm³/mol. The van der Waals surface area contributed by atoms with E-state index in [2.05, 4.69) is 10.2 Å². The molecule has 0 spiro atoms. The summed E-state index contributed by atoms with van der Waals surface area (Å²) in [5, 5.41) is 2.92. The number of hydrogen-bond donors (Lipinski definition) is 1. The Bertz CT molecular complexity index is 633. The van der Waals surface area contributed by atoms with Crippen LogP contribution in [0.1, 0.15) is 48.9 Å². The molecule has 3 fully saturated rings. The van der Waals surface area contributed by atoms with Crippen molar-refractivity contribution < 1.29 is 9.59 Å². The number of carbonyl (C=O) groups is 2. The first-order chi connectivity index (χ1) is 12.2. The average molecular weight is 341 g/mol. The third kappa shape index (κ3) is 3.87. The lowest BCUT2D eigenvalue weighted by atomic mass is 10.0. The summed E-state index contributed by atoms with van der Waals surface area (Å²) in [6.45, 7) is 4.06. The minimum Gasteiger partial charge on any atom is -0.337 e. The van der Waals surface area contributed by atoms with Gasteiger partial charge in [0.2, 0.25) is 5.91 Å². The standard InChI is InChI=1S/C20H27N3O2/c24-19(15-5-6-15)21-17-9-7-16(8-10-17)20(25)23-13-3-4-18(14-23)22-11-1-2-12-22/h7-10,15,18H,1-6,11-14H2,(H,21,24). The average Bonchev–Trinajstić information content (AvgIpc) is 3.36. The molecular weight excluding hydrogens is 314 g/mol. The summed E-state index contributed by atoms with van der Waals surface area (Å²) in [6, 6.07) is 7.89. The fourth-order valence-electron chi connectivity index (χ4n) is 4.01. The molecule has 5 nitrogen and oxygen atoms in total. The second-order valence-electron chi connectivity index (χ2n) is 7.63. The molecule has 1 unspecified atom stereocenters. The van der Waals surface area contributed by atoms with E-state index < -0.39 is 0 Å². The fourth-order valence-corrected chi connectivity index (χ4v) is 4.01. The van der Waals surface area contributed by atoms with E-state index >= 15 is 0 Å². The van der Waals surface area contributed by atoms with Crippen LogP contribution >= 0.6 is 0 Å². The van der Waals surface area contributed by atoms with Gasteiger partial charge in [0, 0.05) is 36.3 Å². The minimum atomic E-state index is 0.101. The number of amides is 2. The maximum absolute atomic E-state index is 12.8. The van der Waals surface area contributed by atoms with Gasteiger partial charge in [0.05, 0.1) is 0 Å². The molecule has 1 N–H and O–H groups in total. The van der Waals surface area contributed by atoms with Crippen LogP contribution in [0.25, 0.3) is 0 Å². The van der Waals surface area contributed by atoms with Crippen molar-refractivity contribution in [2.24, 2.45) is 5.92 Å². The highest BCUT2D eigenvalue weighted by molar-refractivity contribution is 5.96. The zero-order valence-electron chi connectivity index (χ0n) is 14.7. The van der Waals surface area contributed by atoms with E-state index in [1.165, 1.54) is 32.4 Å². The van der Waals surface area contributed by atoms with Gasteiger partial charge in [-0.05, 0) is 75.9 Å². The molecule has 3 aliphatic rings. The lowest BCUT2D eigenvalue weighted by Crippen LogP contribution is -2.48. The van der Waals surface area contributed by atoms with Gasteiger partial charge in [0.15, 0.2) is 0 Å². The number of piperidine rings is 1. The number of anilines is 1. The van der Waals surface area contributed by atoms with E-state index in [1.54, 1.807) is 0 Å². The lowest BCUT2D eigenvalue weighted by Gasteiger charge is -2.37. The Morgan fingerprint density at radius 2 is 1.64 bits per heavy atom. The summed E-state index contributed by atoms with van der Waals surface area (Å²) in [5.74, 6) is 0.407. The summed E-state index contributed by atoms with van der Waals surface area (Å²) in [7, 11) is 0. The molecule has 1 aliphatic carbocycles. The van der Waals surface area contributed by atoms with Crippen LogP contribution in [-0.4, -0.2) is 53.8 Å². The number of nitrogens with one attached hydrogen (secondary N) is 1. The molecule has 4 rings (SSSR count). The zero-order valence-corrected chi connectivity index (χ0v) is 14.7. The quantitative estimate of drug-likeness (QED) is 0.916. The Morgan fingerprint density at radius 1 is 0.920 bits per heavy atom. The first kappa shape index (κ1) is 16.6. The molecular formula is C20H27N3O2. The molecule has 0 radical (unpaired) electrons. The summed E-state index contributed by atoms with van der Waals surface area (Å²) < 4.78 is 0. The summed E-state index contributed by atoms with van der Waals surface area (Å²) in [6.07, 6.45) is 6.86. The monoisotopic (exact) mass is 341 g/mol. The first-order valence-electron chi connectivity index (χ1n) is 9.65. The normalized spacial score (nSPS) is 24.3. The molecule has 2 saturated heterocycles. The fraction of sp³-hybridized carbons (Fsp3) is 0.600. The molecule has 5 heteroatoms. The molecule has 2 heterocycles. The van der Waals surface area contributed by atoms with Crippen molar-refractivity contribution in [3.05, 3.63) is 29.8 Å². The third-order valence-corrected chi connectivity index (χ3v) is 5.69. The Morgan fingerprint density at radius 3 is 2.32 bits per heavy atom. The van der Waals surface area contributed by atoms with E-state index in [4.69, 9.17) is 0 Å². The first-order valence-corrected chi connectivity index (χ1v) is 9.65. The highest BCUT2D eigenvalue weighted by atomic mass is 16.2. The smallest absolute Gasteiger partial charge is 0.253 e. The minimum absolute atomic E-state index is 0.101. The molecule has 1 atom stereocenters. The van der Waals surface area contributed by atoms with Gasteiger partial charge < -0.3 is 10.2 Å². The van der Waals surface area contributed by atoms with Crippen molar-refractivity contribution in [1.82, 2.24) is 9.80 Å². The largest absolute Gasteiger partial charge is 0.337 e. The Labute approximate surface area is 149 Å². The molecule has 0 aromatic heterocycles. The maximum atomic E-state index is 12.8. The van der Waals surface area contributed by atoms with Crippen LogP contribution in [0.5, 0.6) is 0 Å². The van der Waals surface area contributed by atoms with E-state index in [0.29, 0.717) is 11.6 Å². The number of likely N-dealkylation sites (tertiary alicyclic amines) is 2. The van der Waals surface area contributed by atoms with Crippen LogP contribution in [-0.2, 0) is 4.79 Å². The van der Waals surface area contributed by atoms with Gasteiger partial charge in [0.1, 0.15) is 0 Å². The van der Waals surface area contributed by atoms with Crippen molar-refractivity contribution >= 4 is 17.5 Å². The molecule has 1 aromatic rings. The Kier molecular flexibility index (Phi) is 4.75. The second kappa shape index (κ2) is 7.16. The van der Waals surface area contributed by atoms with Gasteiger partial charge in [-0.15, -0.1) is 0 Å². The molecule has 25 heavy (non-hydrogen) atoms. The highest BCUT2D eigenvalue weighted by Gasteiger charge is 2.30. The molecule has 0 bridgehead atoms. The van der Waals surface area contributed by atoms with Gasteiger partial charge in [-0.1, -0.05) is 0 Å². The maximum Gasteiger partial charge on any atom is 0.253 e. The van der Waals surface area contributed by atoms with Crippen LogP contribution in [0.15, 0.2) is 24.3 Å². The van der Waals surface area contributed by atoms with E-state index in [1.807, 2.05) is 29.2 Å². The molecule has 134 valence electrons. The Balaban J connectivity index is 1.37. The molecule has 2 aliphatic heterocycles. The highest BCUT2D eigenvalue weighted by Crippen LogP contribution is 2.30. The number of rotatable bonds is 4. The molecule has 1 aromatic carbocycles. The van der Waals surface area contributed by atoms with Crippen LogP contribution in [0.3, 0.4) is 0 Å². The van der Waals surface area contributed by atoms with Gasteiger partial charge in [-0.3, -0.25) is 14.5 Å². The van der Waals surface area contributed by atoms with Gasteiger partial charge >= 0.3 is 0 Å². The van der Waals surface area contributed by atoms with Crippen molar-refractivity contribution in [2.75, 3.05) is 31.5 Å². The summed E-state index contributed by atoms with van der Waals surface area (Å²) in [5.41, 5.74) is 1.49. The van der Waals surface area contributed by atoms with Gasteiger partial charge in [0.25, 0.3) is 5.91 Å². The summed E-state index contributed by atoms with van der Waals surface area (Å²) >= 11 is 0. The number of carbonyl (C=O) groups excluding carboxylic acids is 2. The topological polar surface area (TPSA) is 52.7 Å². The van der Waals surface area contributed by atoms with Crippen molar-refractivity contribution in [1.29, 1.82) is 0 Å². The van der Waals surface area contributed by atoms with E-state index in [0.717, 1.165) is 38.0 Å². The SMILES string of the molecule is O=C(Nc1ccc(C(=O)N2CCCC(N3CCCC3)C2)cc1)C1CC1. The second-order valence-corrected chi connectivity index (χ2v) is 7.63. The van der Waals surface area contributed by atoms with E-state index in [-0.39, 0.29) is 17.7 Å². The lowest BCUT2D eigenvalue weighted by molar-refractivity contribution is -0.117. The van der Waals surface area contributed by atoms with Crippen LogP contribution in [0.4, 0.5) is 5.69 Å². The number of nitrogens with zero attached hydrogens (tertiary/aromatic N) is 2.